The number of ether oxygens (including phenoxy) is 1. The Hall–Kier alpha value is -1.87. The van der Waals surface area contributed by atoms with Gasteiger partial charge >= 0.3 is 0 Å². The Balaban J connectivity index is 1.41. The van der Waals surface area contributed by atoms with Gasteiger partial charge in [-0.2, -0.15) is 0 Å². The molecule has 2 aromatic heterocycles. The van der Waals surface area contributed by atoms with Gasteiger partial charge in [-0.15, -0.1) is 21.5 Å². The fraction of sp³-hybridized carbons (Fsp3) is 0.500. The lowest BCUT2D eigenvalue weighted by Crippen LogP contribution is -2.36. The van der Waals surface area contributed by atoms with Crippen LogP contribution in [0.25, 0.3) is 10.2 Å². The normalized spacial score (nSPS) is 19.8. The van der Waals surface area contributed by atoms with E-state index in [0.717, 1.165) is 48.1 Å². The quantitative estimate of drug-likeness (QED) is 0.629. The fourth-order valence-corrected chi connectivity index (χ4v) is 4.29. The Morgan fingerprint density at radius 3 is 2.88 bits per heavy atom. The number of hydrogen-bond donors (Lipinski definition) is 2. The van der Waals surface area contributed by atoms with Gasteiger partial charge in [0.25, 0.3) is 0 Å². The maximum atomic E-state index is 5.94. The smallest absolute Gasteiger partial charge is 0.147 e. The third-order valence-electron chi connectivity index (χ3n) is 4.81. The van der Waals surface area contributed by atoms with Crippen LogP contribution in [0.3, 0.4) is 0 Å². The third-order valence-corrected chi connectivity index (χ3v) is 5.85. The summed E-state index contributed by atoms with van der Waals surface area (Å²) in [6.45, 7) is 2.79. The molecule has 1 saturated carbocycles. The first-order chi connectivity index (χ1) is 12.7. The van der Waals surface area contributed by atoms with Crippen LogP contribution in [0, 0.1) is 0 Å². The second-order valence-corrected chi connectivity index (χ2v) is 7.84. The molecule has 2 heterocycles. The van der Waals surface area contributed by atoms with Crippen molar-refractivity contribution < 1.29 is 4.74 Å². The summed E-state index contributed by atoms with van der Waals surface area (Å²) in [4.78, 5) is 4.66. The monoisotopic (exact) mass is 372 g/mol. The molecular formula is C18H24N6OS. The van der Waals surface area contributed by atoms with Crippen LogP contribution in [0.1, 0.15) is 35.4 Å². The highest BCUT2D eigenvalue weighted by molar-refractivity contribution is 7.18. The Morgan fingerprint density at radius 2 is 2.12 bits per heavy atom. The maximum absolute atomic E-state index is 5.94. The number of nitrogens with two attached hydrogens (primary N) is 1. The van der Waals surface area contributed by atoms with Gasteiger partial charge in [-0.05, 0) is 25.0 Å². The van der Waals surface area contributed by atoms with E-state index in [1.165, 1.54) is 4.70 Å². The van der Waals surface area contributed by atoms with Gasteiger partial charge in [0.05, 0.1) is 23.4 Å². The zero-order chi connectivity index (χ0) is 17.9. The number of benzene rings is 1. The molecule has 0 unspecified atom stereocenters. The molecule has 4 rings (SSSR count). The van der Waals surface area contributed by atoms with Crippen molar-refractivity contribution >= 4 is 21.6 Å². The average molecular weight is 372 g/mol. The molecule has 1 aliphatic rings. The van der Waals surface area contributed by atoms with Crippen LogP contribution >= 0.6 is 11.3 Å². The molecule has 0 radical (unpaired) electrons. The van der Waals surface area contributed by atoms with Gasteiger partial charge in [0.2, 0.25) is 0 Å². The van der Waals surface area contributed by atoms with Gasteiger partial charge in [-0.25, -0.2) is 4.98 Å². The molecule has 0 atom stereocenters. The number of nitrogens with one attached hydrogen (secondary N) is 1. The Morgan fingerprint density at radius 1 is 1.27 bits per heavy atom. The van der Waals surface area contributed by atoms with Crippen molar-refractivity contribution in [1.82, 2.24) is 25.1 Å². The average Bonchev–Trinajstić information content (AvgIpc) is 3.20. The molecule has 3 aromatic rings. The van der Waals surface area contributed by atoms with Crippen molar-refractivity contribution in [2.24, 2.45) is 5.73 Å². The van der Waals surface area contributed by atoms with E-state index in [1.807, 2.05) is 18.2 Å². The number of para-hydroxylation sites is 1. The largest absolute Gasteiger partial charge is 0.383 e. The summed E-state index contributed by atoms with van der Waals surface area (Å²) in [5.74, 6) is 2.41. The van der Waals surface area contributed by atoms with E-state index >= 15 is 0 Å². The van der Waals surface area contributed by atoms with E-state index < -0.39 is 0 Å². The lowest BCUT2D eigenvalue weighted by molar-refractivity contribution is 0.183. The summed E-state index contributed by atoms with van der Waals surface area (Å²) >= 11 is 1.72. The number of hydrogen-bond acceptors (Lipinski definition) is 7. The molecule has 0 amide bonds. The number of nitrogens with zero attached hydrogens (tertiary/aromatic N) is 4. The van der Waals surface area contributed by atoms with Gasteiger partial charge in [0, 0.05) is 32.2 Å². The number of fused-ring (bicyclic) bond motifs is 1. The maximum Gasteiger partial charge on any atom is 0.147 e. The molecular weight excluding hydrogens is 348 g/mol. The van der Waals surface area contributed by atoms with E-state index in [9.17, 15) is 0 Å². The topological polar surface area (TPSA) is 90.9 Å². The first-order valence-electron chi connectivity index (χ1n) is 8.96. The zero-order valence-electron chi connectivity index (χ0n) is 14.9. The second-order valence-electron chi connectivity index (χ2n) is 6.73. The van der Waals surface area contributed by atoms with Crippen molar-refractivity contribution in [3.05, 3.63) is 40.9 Å². The van der Waals surface area contributed by atoms with E-state index in [-0.39, 0.29) is 0 Å². The third kappa shape index (κ3) is 3.64. The van der Waals surface area contributed by atoms with Crippen LogP contribution in [-0.4, -0.2) is 39.5 Å². The molecule has 0 saturated heterocycles. The van der Waals surface area contributed by atoms with E-state index in [2.05, 4.69) is 31.1 Å². The Bertz CT molecular complexity index is 837. The molecule has 0 aliphatic heterocycles. The predicted octanol–water partition coefficient (Wildman–Crippen LogP) is 2.03. The second kappa shape index (κ2) is 7.79. The summed E-state index contributed by atoms with van der Waals surface area (Å²) in [5.41, 5.74) is 7.00. The summed E-state index contributed by atoms with van der Waals surface area (Å²) in [5, 5.41) is 13.4. The van der Waals surface area contributed by atoms with Crippen LogP contribution < -0.4 is 11.1 Å². The molecule has 1 aliphatic carbocycles. The summed E-state index contributed by atoms with van der Waals surface area (Å²) in [7, 11) is 1.72. The number of thiazole rings is 1. The Kier molecular flexibility index (Phi) is 5.26. The van der Waals surface area contributed by atoms with Gasteiger partial charge < -0.3 is 20.4 Å². The molecule has 3 N–H and O–H groups in total. The fourth-order valence-electron chi connectivity index (χ4n) is 3.36. The van der Waals surface area contributed by atoms with E-state index in [4.69, 9.17) is 10.5 Å². The minimum Gasteiger partial charge on any atom is -0.383 e. The van der Waals surface area contributed by atoms with Crippen LogP contribution in [0.4, 0.5) is 0 Å². The van der Waals surface area contributed by atoms with Gasteiger partial charge in [-0.1, -0.05) is 12.1 Å². The van der Waals surface area contributed by atoms with Crippen molar-refractivity contribution in [2.45, 2.75) is 44.4 Å². The molecule has 1 fully saturated rings. The molecule has 1 aromatic carbocycles. The predicted molar refractivity (Wildman–Crippen MR) is 102 cm³/mol. The van der Waals surface area contributed by atoms with Crippen LogP contribution in [0.15, 0.2) is 24.3 Å². The minimum absolute atomic E-state index is 0.299. The number of rotatable bonds is 8. The van der Waals surface area contributed by atoms with Gasteiger partial charge in [-0.3, -0.25) is 0 Å². The van der Waals surface area contributed by atoms with Crippen LogP contribution in [-0.2, 0) is 24.4 Å². The van der Waals surface area contributed by atoms with Crippen molar-refractivity contribution in [3.63, 3.8) is 0 Å². The first kappa shape index (κ1) is 17.5. The first-order valence-corrected chi connectivity index (χ1v) is 9.78. The molecule has 7 nitrogen and oxygen atoms in total. The lowest BCUT2D eigenvalue weighted by atomic mass is 9.80. The van der Waals surface area contributed by atoms with Crippen LogP contribution in [0.5, 0.6) is 0 Å². The zero-order valence-corrected chi connectivity index (χ0v) is 15.7. The standard InChI is InChI=1S/C18H24N6OS/c1-25-7-6-24-16(22-23-18(24)12-8-13(19)9-12)10-20-11-17-21-14-4-2-3-5-15(14)26-17/h2-5,12-13,20H,6-11,19H2,1H3. The Labute approximate surface area is 156 Å². The molecule has 0 spiro atoms. The minimum atomic E-state index is 0.299. The van der Waals surface area contributed by atoms with Crippen molar-refractivity contribution in [3.8, 4) is 0 Å². The molecule has 8 heteroatoms. The van der Waals surface area contributed by atoms with E-state index in [0.29, 0.717) is 25.1 Å². The summed E-state index contributed by atoms with van der Waals surface area (Å²) < 4.78 is 8.66. The summed E-state index contributed by atoms with van der Waals surface area (Å²) in [6, 6.07) is 8.52. The highest BCUT2D eigenvalue weighted by atomic mass is 32.1. The van der Waals surface area contributed by atoms with Crippen molar-refractivity contribution in [2.75, 3.05) is 13.7 Å². The SMILES string of the molecule is COCCn1c(CNCc2nc3ccccc3s2)nnc1C1CC(N)C1. The van der Waals surface area contributed by atoms with Crippen LogP contribution in [0.2, 0.25) is 0 Å². The van der Waals surface area contributed by atoms with Gasteiger partial charge in [0.1, 0.15) is 16.7 Å². The van der Waals surface area contributed by atoms with Crippen molar-refractivity contribution in [1.29, 1.82) is 0 Å². The van der Waals surface area contributed by atoms with E-state index in [1.54, 1.807) is 18.4 Å². The summed E-state index contributed by atoms with van der Waals surface area (Å²) in [6.07, 6.45) is 1.98. The highest BCUT2D eigenvalue weighted by Gasteiger charge is 2.32. The molecule has 0 bridgehead atoms. The highest BCUT2D eigenvalue weighted by Crippen LogP contribution is 2.34. The number of methoxy groups -OCH3 is 1. The lowest BCUT2D eigenvalue weighted by Gasteiger charge is -2.31. The van der Waals surface area contributed by atoms with Gasteiger partial charge in [0.15, 0.2) is 0 Å². The molecule has 138 valence electrons. The molecule has 26 heavy (non-hydrogen) atoms. The number of aromatic nitrogens is 4.